The number of rotatable bonds is 5. The van der Waals surface area contributed by atoms with Gasteiger partial charge >= 0.3 is 0 Å². The highest BCUT2D eigenvalue weighted by molar-refractivity contribution is 5.96. The Hall–Kier alpha value is -2.95. The van der Waals surface area contributed by atoms with Crippen molar-refractivity contribution in [2.24, 2.45) is 5.10 Å². The van der Waals surface area contributed by atoms with Crippen LogP contribution in [0.5, 0.6) is 0 Å². The van der Waals surface area contributed by atoms with E-state index in [1.807, 2.05) is 48.5 Å². The number of carbonyl (C=O) groups excluding carboxylic acids is 2. The second-order valence-electron chi connectivity index (χ2n) is 5.98. The van der Waals surface area contributed by atoms with Crippen LogP contribution in [0.1, 0.15) is 30.4 Å². The number of hydrogen-bond donors (Lipinski definition) is 1. The van der Waals surface area contributed by atoms with Crippen LogP contribution >= 0.6 is 0 Å². The van der Waals surface area contributed by atoms with Gasteiger partial charge in [0.25, 0.3) is 0 Å². The van der Waals surface area contributed by atoms with Crippen LogP contribution in [-0.2, 0) is 16.0 Å². The van der Waals surface area contributed by atoms with E-state index in [0.29, 0.717) is 6.54 Å². The number of aryl methyl sites for hydroxylation is 1. The summed E-state index contributed by atoms with van der Waals surface area (Å²) in [6.07, 6.45) is 3.84. The molecule has 0 aliphatic carbocycles. The maximum Gasteiger partial charge on any atom is 0.240 e. The summed E-state index contributed by atoms with van der Waals surface area (Å²) in [6.45, 7) is 0.712. The van der Waals surface area contributed by atoms with E-state index in [1.54, 1.807) is 11.1 Å². The first-order valence-electron chi connectivity index (χ1n) is 8.49. The average molecular weight is 335 g/mol. The van der Waals surface area contributed by atoms with Crippen molar-refractivity contribution >= 4 is 23.7 Å². The van der Waals surface area contributed by atoms with Gasteiger partial charge < -0.3 is 4.90 Å². The molecule has 0 aromatic heterocycles. The van der Waals surface area contributed by atoms with Gasteiger partial charge in [0.2, 0.25) is 11.8 Å². The largest absolute Gasteiger partial charge is 0.312 e. The Bertz CT molecular complexity index is 772. The summed E-state index contributed by atoms with van der Waals surface area (Å²) in [5.74, 6) is -0.278. The van der Waals surface area contributed by atoms with Crippen molar-refractivity contribution < 1.29 is 9.59 Å². The molecule has 0 unspecified atom stereocenters. The second-order valence-corrected chi connectivity index (χ2v) is 5.98. The summed E-state index contributed by atoms with van der Waals surface area (Å²) in [5.41, 5.74) is 5.54. The quantitative estimate of drug-likeness (QED) is 0.674. The fraction of sp³-hybridized carbons (Fsp3) is 0.250. The van der Waals surface area contributed by atoms with Crippen LogP contribution in [0.2, 0.25) is 0 Å². The lowest BCUT2D eigenvalue weighted by atomic mass is 10.0. The molecule has 2 amide bonds. The molecule has 0 fully saturated rings. The summed E-state index contributed by atoms with van der Waals surface area (Å²) in [7, 11) is 0. The predicted octanol–water partition coefficient (Wildman–Crippen LogP) is 2.90. The standard InChI is InChI=1S/C20H21N3O2/c24-19(22-21-15-16-7-2-1-3-8-16)12-13-20(25)23-14-6-10-17-9-4-5-11-18(17)23/h1-5,7-9,11,15H,6,10,12-14H2,(H,22,24). The number of carbonyl (C=O) groups is 2. The fourth-order valence-corrected chi connectivity index (χ4v) is 2.92. The third-order valence-corrected chi connectivity index (χ3v) is 4.18. The molecule has 5 heteroatoms. The first-order valence-corrected chi connectivity index (χ1v) is 8.49. The highest BCUT2D eigenvalue weighted by Gasteiger charge is 2.22. The normalized spacial score (nSPS) is 13.5. The van der Waals surface area contributed by atoms with E-state index < -0.39 is 0 Å². The summed E-state index contributed by atoms with van der Waals surface area (Å²) < 4.78 is 0. The molecule has 5 nitrogen and oxygen atoms in total. The Morgan fingerprint density at radius 1 is 1.04 bits per heavy atom. The number of benzene rings is 2. The summed E-state index contributed by atoms with van der Waals surface area (Å²) in [5, 5.41) is 3.92. The lowest BCUT2D eigenvalue weighted by molar-refractivity contribution is -0.125. The fourth-order valence-electron chi connectivity index (χ4n) is 2.92. The molecule has 3 rings (SSSR count). The predicted molar refractivity (Wildman–Crippen MR) is 98.5 cm³/mol. The number of amides is 2. The smallest absolute Gasteiger partial charge is 0.240 e. The molecule has 128 valence electrons. The van der Waals surface area contributed by atoms with Gasteiger partial charge in [-0.2, -0.15) is 5.10 Å². The van der Waals surface area contributed by atoms with Gasteiger partial charge in [-0.25, -0.2) is 5.43 Å². The van der Waals surface area contributed by atoms with Crippen LogP contribution in [0.25, 0.3) is 0 Å². The molecule has 2 aromatic carbocycles. The monoisotopic (exact) mass is 335 g/mol. The van der Waals surface area contributed by atoms with Gasteiger partial charge in [-0.15, -0.1) is 0 Å². The Morgan fingerprint density at radius 2 is 1.80 bits per heavy atom. The van der Waals surface area contributed by atoms with E-state index in [1.165, 1.54) is 5.56 Å². The van der Waals surface area contributed by atoms with Gasteiger partial charge in [0.15, 0.2) is 0 Å². The molecule has 0 saturated heterocycles. The van der Waals surface area contributed by atoms with Gasteiger partial charge in [0.1, 0.15) is 0 Å². The van der Waals surface area contributed by atoms with E-state index in [9.17, 15) is 9.59 Å². The second kappa shape index (κ2) is 8.24. The van der Waals surface area contributed by atoms with Gasteiger partial charge in [-0.1, -0.05) is 48.5 Å². The molecule has 1 aliphatic heterocycles. The minimum atomic E-state index is -0.258. The van der Waals surface area contributed by atoms with Crippen molar-refractivity contribution in [1.29, 1.82) is 0 Å². The van der Waals surface area contributed by atoms with Crippen molar-refractivity contribution in [3.05, 3.63) is 65.7 Å². The van der Waals surface area contributed by atoms with Crippen LogP contribution < -0.4 is 10.3 Å². The van der Waals surface area contributed by atoms with Crippen LogP contribution in [0.3, 0.4) is 0 Å². The van der Waals surface area contributed by atoms with E-state index in [0.717, 1.165) is 24.1 Å². The zero-order valence-electron chi connectivity index (χ0n) is 14.0. The van der Waals surface area contributed by atoms with Gasteiger partial charge in [-0.05, 0) is 30.0 Å². The summed E-state index contributed by atoms with van der Waals surface area (Å²) in [6, 6.07) is 17.5. The van der Waals surface area contributed by atoms with Gasteiger partial charge in [0, 0.05) is 25.1 Å². The molecule has 0 radical (unpaired) electrons. The number of hydrogen-bond acceptors (Lipinski definition) is 3. The van der Waals surface area contributed by atoms with E-state index >= 15 is 0 Å². The number of nitrogens with one attached hydrogen (secondary N) is 1. The van der Waals surface area contributed by atoms with E-state index in [-0.39, 0.29) is 24.7 Å². The van der Waals surface area contributed by atoms with Crippen molar-refractivity contribution in [1.82, 2.24) is 5.43 Å². The number of hydrazone groups is 1. The third-order valence-electron chi connectivity index (χ3n) is 4.18. The molecule has 2 aromatic rings. The molecular formula is C20H21N3O2. The average Bonchev–Trinajstić information content (AvgIpc) is 2.66. The van der Waals surface area contributed by atoms with Crippen LogP contribution in [0, 0.1) is 0 Å². The number of para-hydroxylation sites is 1. The Kier molecular flexibility index (Phi) is 5.57. The zero-order valence-corrected chi connectivity index (χ0v) is 14.0. The molecule has 1 heterocycles. The topological polar surface area (TPSA) is 61.8 Å². The van der Waals surface area contributed by atoms with Crippen LogP contribution in [0.4, 0.5) is 5.69 Å². The lowest BCUT2D eigenvalue weighted by Gasteiger charge is -2.29. The molecule has 25 heavy (non-hydrogen) atoms. The molecular weight excluding hydrogens is 314 g/mol. The Labute approximate surface area is 147 Å². The van der Waals surface area contributed by atoms with Crippen LogP contribution in [0.15, 0.2) is 59.7 Å². The van der Waals surface area contributed by atoms with Crippen molar-refractivity contribution in [2.45, 2.75) is 25.7 Å². The number of nitrogens with zero attached hydrogens (tertiary/aromatic N) is 2. The zero-order chi connectivity index (χ0) is 17.5. The first kappa shape index (κ1) is 16.9. The summed E-state index contributed by atoms with van der Waals surface area (Å²) in [4.78, 5) is 26.1. The van der Waals surface area contributed by atoms with E-state index in [2.05, 4.69) is 16.6 Å². The van der Waals surface area contributed by atoms with Gasteiger partial charge in [0.05, 0.1) is 6.21 Å². The SMILES string of the molecule is O=C(CCC(=O)N1CCCc2ccccc21)NN=Cc1ccccc1. The molecule has 0 spiro atoms. The third kappa shape index (κ3) is 4.53. The van der Waals surface area contributed by atoms with Crippen molar-refractivity contribution in [2.75, 3.05) is 11.4 Å². The minimum Gasteiger partial charge on any atom is -0.312 e. The molecule has 0 atom stereocenters. The number of anilines is 1. The molecule has 1 aliphatic rings. The highest BCUT2D eigenvalue weighted by Crippen LogP contribution is 2.27. The van der Waals surface area contributed by atoms with E-state index in [4.69, 9.17) is 0 Å². The van der Waals surface area contributed by atoms with Crippen LogP contribution in [-0.4, -0.2) is 24.6 Å². The van der Waals surface area contributed by atoms with Crippen molar-refractivity contribution in [3.8, 4) is 0 Å². The Balaban J connectivity index is 1.49. The minimum absolute atomic E-state index is 0.0191. The first-order chi connectivity index (χ1) is 12.2. The molecule has 1 N–H and O–H groups in total. The molecule has 0 bridgehead atoms. The Morgan fingerprint density at radius 3 is 2.64 bits per heavy atom. The highest BCUT2D eigenvalue weighted by atomic mass is 16.2. The van der Waals surface area contributed by atoms with Gasteiger partial charge in [-0.3, -0.25) is 9.59 Å². The lowest BCUT2D eigenvalue weighted by Crippen LogP contribution is -2.36. The van der Waals surface area contributed by atoms with Crippen molar-refractivity contribution in [3.63, 3.8) is 0 Å². The maximum atomic E-state index is 12.5. The maximum absolute atomic E-state index is 12.5. The number of fused-ring (bicyclic) bond motifs is 1. The molecule has 0 saturated carbocycles. The summed E-state index contributed by atoms with van der Waals surface area (Å²) >= 11 is 0.